The van der Waals surface area contributed by atoms with E-state index in [2.05, 4.69) is 10.6 Å². The van der Waals surface area contributed by atoms with Gasteiger partial charge in [-0.25, -0.2) is 4.79 Å². The van der Waals surface area contributed by atoms with Gasteiger partial charge in [0.1, 0.15) is 6.04 Å². The molecule has 1 heterocycles. The number of carbonyl (C=O) groups is 2. The molecule has 0 bridgehead atoms. The second kappa shape index (κ2) is 6.48. The van der Waals surface area contributed by atoms with Gasteiger partial charge in [0.2, 0.25) is 5.91 Å². The summed E-state index contributed by atoms with van der Waals surface area (Å²) in [5.74, 6) is -0.318. The van der Waals surface area contributed by atoms with E-state index in [0.29, 0.717) is 0 Å². The van der Waals surface area contributed by atoms with Gasteiger partial charge in [-0.05, 0) is 58.2 Å². The van der Waals surface area contributed by atoms with E-state index in [1.54, 1.807) is 6.92 Å². The van der Waals surface area contributed by atoms with Crippen molar-refractivity contribution in [2.45, 2.75) is 52.1 Å². The summed E-state index contributed by atoms with van der Waals surface area (Å²) in [5.41, 5.74) is 8.47. The summed E-state index contributed by atoms with van der Waals surface area (Å²) in [4.78, 5) is 26.3. The van der Waals surface area contributed by atoms with Crippen LogP contribution in [0.4, 0.5) is 16.2 Å². The number of fused-ring (bicyclic) bond motifs is 1. The molecule has 126 valence electrons. The number of nitrogens with two attached hydrogens (primary N) is 1. The Hall–Kier alpha value is -2.24. The lowest BCUT2D eigenvalue weighted by Crippen LogP contribution is -2.54. The van der Waals surface area contributed by atoms with E-state index in [0.717, 1.165) is 36.3 Å². The summed E-state index contributed by atoms with van der Waals surface area (Å²) >= 11 is 0. The molecule has 4 N–H and O–H groups in total. The number of rotatable bonds is 2. The molecular weight excluding hydrogens is 292 g/mol. The molecule has 6 heteroatoms. The second-order valence-electron chi connectivity index (χ2n) is 7.01. The van der Waals surface area contributed by atoms with Crippen LogP contribution in [0.3, 0.4) is 0 Å². The highest BCUT2D eigenvalue weighted by Gasteiger charge is 2.28. The summed E-state index contributed by atoms with van der Waals surface area (Å²) in [6, 6.07) is 4.83. The zero-order valence-corrected chi connectivity index (χ0v) is 14.3. The zero-order chi connectivity index (χ0) is 17.2. The van der Waals surface area contributed by atoms with Crippen LogP contribution >= 0.6 is 0 Å². The number of nitrogens with one attached hydrogen (secondary N) is 2. The lowest BCUT2D eigenvalue weighted by atomic mass is 9.98. The van der Waals surface area contributed by atoms with Crippen molar-refractivity contribution in [1.82, 2.24) is 10.6 Å². The van der Waals surface area contributed by atoms with E-state index in [4.69, 9.17) is 5.73 Å². The van der Waals surface area contributed by atoms with Crippen LogP contribution in [-0.4, -0.2) is 30.1 Å². The van der Waals surface area contributed by atoms with Crippen LogP contribution in [0.2, 0.25) is 0 Å². The molecule has 0 radical (unpaired) electrons. The minimum atomic E-state index is -0.473. The third kappa shape index (κ3) is 4.15. The van der Waals surface area contributed by atoms with E-state index in [1.165, 1.54) is 0 Å². The number of benzene rings is 1. The third-order valence-corrected chi connectivity index (χ3v) is 3.89. The monoisotopic (exact) mass is 318 g/mol. The molecule has 0 aromatic heterocycles. The first-order chi connectivity index (χ1) is 10.7. The second-order valence-corrected chi connectivity index (χ2v) is 7.01. The molecule has 1 aliphatic rings. The Morgan fingerprint density at radius 1 is 1.30 bits per heavy atom. The van der Waals surface area contributed by atoms with Crippen LogP contribution in [-0.2, 0) is 11.2 Å². The lowest BCUT2D eigenvalue weighted by Gasteiger charge is -2.36. The molecule has 0 fully saturated rings. The van der Waals surface area contributed by atoms with Crippen molar-refractivity contribution in [1.29, 1.82) is 0 Å². The van der Waals surface area contributed by atoms with E-state index >= 15 is 0 Å². The first kappa shape index (κ1) is 17.1. The zero-order valence-electron chi connectivity index (χ0n) is 14.3. The molecule has 0 aliphatic carbocycles. The maximum absolute atomic E-state index is 12.4. The summed E-state index contributed by atoms with van der Waals surface area (Å²) in [6.07, 6.45) is 1.85. The van der Waals surface area contributed by atoms with Gasteiger partial charge in [0, 0.05) is 23.5 Å². The van der Waals surface area contributed by atoms with E-state index in [1.807, 2.05) is 43.9 Å². The van der Waals surface area contributed by atoms with Gasteiger partial charge >= 0.3 is 6.03 Å². The van der Waals surface area contributed by atoms with Crippen LogP contribution in [0.15, 0.2) is 18.2 Å². The first-order valence-corrected chi connectivity index (χ1v) is 7.96. The number of hydrogen-bond donors (Lipinski definition) is 3. The smallest absolute Gasteiger partial charge is 0.321 e. The van der Waals surface area contributed by atoms with Crippen LogP contribution < -0.4 is 21.3 Å². The number of hydrogen-bond acceptors (Lipinski definition) is 4. The Kier molecular flexibility index (Phi) is 4.82. The van der Waals surface area contributed by atoms with E-state index < -0.39 is 12.1 Å². The lowest BCUT2D eigenvalue weighted by molar-refractivity contribution is -0.121. The Morgan fingerprint density at radius 2 is 2.00 bits per heavy atom. The van der Waals surface area contributed by atoms with Crippen molar-refractivity contribution in [2.24, 2.45) is 0 Å². The summed E-state index contributed by atoms with van der Waals surface area (Å²) in [7, 11) is 0. The molecule has 1 aliphatic heterocycles. The van der Waals surface area contributed by atoms with Gasteiger partial charge in [0.25, 0.3) is 0 Å². The fourth-order valence-corrected chi connectivity index (χ4v) is 2.81. The molecule has 23 heavy (non-hydrogen) atoms. The van der Waals surface area contributed by atoms with Crippen LogP contribution in [0, 0.1) is 0 Å². The van der Waals surface area contributed by atoms with Gasteiger partial charge in [-0.15, -0.1) is 0 Å². The number of imide groups is 1. The number of nitrogen functional groups attached to an aromatic ring is 1. The Labute approximate surface area is 137 Å². The predicted molar refractivity (Wildman–Crippen MR) is 92.4 cm³/mol. The summed E-state index contributed by atoms with van der Waals surface area (Å²) < 4.78 is 0. The highest BCUT2D eigenvalue weighted by Crippen LogP contribution is 2.32. The molecule has 2 rings (SSSR count). The van der Waals surface area contributed by atoms with Gasteiger partial charge in [-0.1, -0.05) is 6.07 Å². The minimum absolute atomic E-state index is 0.318. The van der Waals surface area contributed by atoms with Gasteiger partial charge in [0.15, 0.2) is 0 Å². The standard InChI is InChI=1S/C17H26N4O2/c1-11(15(22)19-16(23)20-17(2,3)4)21-10-6-7-12-13(18)8-5-9-14(12)21/h5,8-9,11H,6-7,10,18H2,1-4H3,(H2,19,20,22,23). The fourth-order valence-electron chi connectivity index (χ4n) is 2.81. The molecule has 1 atom stereocenters. The molecule has 0 saturated carbocycles. The first-order valence-electron chi connectivity index (χ1n) is 7.96. The number of amides is 3. The summed E-state index contributed by atoms with van der Waals surface area (Å²) in [5, 5.41) is 5.14. The largest absolute Gasteiger partial charge is 0.398 e. The molecule has 1 aromatic rings. The van der Waals surface area contributed by atoms with Crippen molar-refractivity contribution < 1.29 is 9.59 Å². The van der Waals surface area contributed by atoms with Crippen molar-refractivity contribution >= 4 is 23.3 Å². The average Bonchev–Trinajstić information content (AvgIpc) is 2.44. The van der Waals surface area contributed by atoms with Crippen LogP contribution in [0.5, 0.6) is 0 Å². The van der Waals surface area contributed by atoms with E-state index in [9.17, 15) is 9.59 Å². The highest BCUT2D eigenvalue weighted by molar-refractivity contribution is 5.98. The normalized spacial score (nSPS) is 15.6. The number of anilines is 2. The number of carbonyl (C=O) groups excluding carboxylic acids is 2. The molecule has 1 aromatic carbocycles. The topological polar surface area (TPSA) is 87.5 Å². The van der Waals surface area contributed by atoms with Crippen molar-refractivity contribution in [3.05, 3.63) is 23.8 Å². The predicted octanol–water partition coefficient (Wildman–Crippen LogP) is 2.03. The van der Waals surface area contributed by atoms with Gasteiger partial charge in [-0.2, -0.15) is 0 Å². The molecule has 0 spiro atoms. The Bertz CT molecular complexity index is 607. The Morgan fingerprint density at radius 3 is 2.65 bits per heavy atom. The number of nitrogens with zero attached hydrogens (tertiary/aromatic N) is 1. The molecule has 0 saturated heterocycles. The molecule has 1 unspecified atom stereocenters. The SMILES string of the molecule is CC(C(=O)NC(=O)NC(C)(C)C)N1CCCc2c(N)cccc21. The molecular formula is C17H26N4O2. The Balaban J connectivity index is 2.10. The van der Waals surface area contributed by atoms with Crippen molar-refractivity contribution in [3.8, 4) is 0 Å². The average molecular weight is 318 g/mol. The van der Waals surface area contributed by atoms with Crippen molar-refractivity contribution in [3.63, 3.8) is 0 Å². The maximum Gasteiger partial charge on any atom is 0.321 e. The van der Waals surface area contributed by atoms with Gasteiger partial charge in [0.05, 0.1) is 0 Å². The van der Waals surface area contributed by atoms with Crippen LogP contribution in [0.1, 0.15) is 39.7 Å². The quantitative estimate of drug-likeness (QED) is 0.728. The van der Waals surface area contributed by atoms with Crippen LogP contribution in [0.25, 0.3) is 0 Å². The maximum atomic E-state index is 12.4. The minimum Gasteiger partial charge on any atom is -0.398 e. The number of urea groups is 1. The van der Waals surface area contributed by atoms with E-state index in [-0.39, 0.29) is 11.4 Å². The third-order valence-electron chi connectivity index (χ3n) is 3.89. The molecule has 6 nitrogen and oxygen atoms in total. The van der Waals surface area contributed by atoms with Crippen molar-refractivity contribution in [2.75, 3.05) is 17.2 Å². The fraction of sp³-hybridized carbons (Fsp3) is 0.529. The molecule has 3 amide bonds. The summed E-state index contributed by atoms with van der Waals surface area (Å²) in [6.45, 7) is 8.17. The van der Waals surface area contributed by atoms with Gasteiger partial charge in [-0.3, -0.25) is 10.1 Å². The highest BCUT2D eigenvalue weighted by atomic mass is 16.2. The van der Waals surface area contributed by atoms with Gasteiger partial charge < -0.3 is 16.0 Å².